The fourth-order valence-corrected chi connectivity index (χ4v) is 3.98. The maximum absolute atomic E-state index is 11.9. The molecule has 9 heteroatoms. The number of rotatable bonds is 6. The molecule has 3 aromatic heterocycles. The van der Waals surface area contributed by atoms with Crippen molar-refractivity contribution < 1.29 is 14.3 Å². The number of carbonyl (C=O) groups excluding carboxylic acids is 1. The molecule has 0 N–H and O–H groups in total. The van der Waals surface area contributed by atoms with Crippen molar-refractivity contribution in [2.75, 3.05) is 13.7 Å². The summed E-state index contributed by atoms with van der Waals surface area (Å²) in [5.74, 6) is 0.912. The first-order valence-electron chi connectivity index (χ1n) is 10.4. The highest BCUT2D eigenvalue weighted by Gasteiger charge is 2.28. The Morgan fingerprint density at radius 3 is 2.67 bits per heavy atom. The van der Waals surface area contributed by atoms with E-state index in [2.05, 4.69) is 34.0 Å². The van der Waals surface area contributed by atoms with Gasteiger partial charge < -0.3 is 9.47 Å². The van der Waals surface area contributed by atoms with Crippen LogP contribution in [0, 0.1) is 11.3 Å². The van der Waals surface area contributed by atoms with E-state index >= 15 is 0 Å². The molecule has 1 fully saturated rings. The van der Waals surface area contributed by atoms with Gasteiger partial charge in [0.05, 0.1) is 31.7 Å². The zero-order valence-electron chi connectivity index (χ0n) is 18.0. The Morgan fingerprint density at radius 2 is 1.97 bits per heavy atom. The number of hydrogen-bond donors (Lipinski definition) is 0. The number of hydrogen-bond acceptors (Lipinski definition) is 7. The van der Waals surface area contributed by atoms with Crippen LogP contribution in [0.1, 0.15) is 56.8 Å². The molecule has 4 rings (SSSR count). The van der Waals surface area contributed by atoms with Crippen LogP contribution in [0.5, 0.6) is 5.88 Å². The molecule has 0 unspecified atom stereocenters. The standard InChI is InChI=1S/C21H28N6O3/c1-5-30-19(28)15-10-22-27(13-15)20-24-16-11-23-26(17(16)18(25-20)29-4)12-14-6-8-21(2,3)9-7-14/h10-11,13-14H,5-9,12H2,1-4H3. The quantitative estimate of drug-likeness (QED) is 0.572. The second-order valence-electron chi connectivity index (χ2n) is 8.60. The minimum absolute atomic E-state index is 0.304. The largest absolute Gasteiger partial charge is 0.479 e. The summed E-state index contributed by atoms with van der Waals surface area (Å²) in [4.78, 5) is 21.0. The van der Waals surface area contributed by atoms with Gasteiger partial charge in [-0.3, -0.25) is 4.68 Å². The number of nitrogens with zero attached hydrogens (tertiary/aromatic N) is 6. The summed E-state index contributed by atoms with van der Waals surface area (Å²) in [7, 11) is 1.58. The molecule has 0 atom stereocenters. The molecule has 0 saturated heterocycles. The zero-order valence-corrected chi connectivity index (χ0v) is 18.0. The molecular weight excluding hydrogens is 384 g/mol. The molecule has 3 heterocycles. The highest BCUT2D eigenvalue weighted by Crippen LogP contribution is 2.39. The molecule has 0 aliphatic heterocycles. The van der Waals surface area contributed by atoms with Crippen molar-refractivity contribution in [2.24, 2.45) is 11.3 Å². The van der Waals surface area contributed by atoms with Gasteiger partial charge in [0.25, 0.3) is 5.95 Å². The average Bonchev–Trinajstić information content (AvgIpc) is 3.37. The van der Waals surface area contributed by atoms with Gasteiger partial charge in [-0.05, 0) is 43.9 Å². The van der Waals surface area contributed by atoms with Gasteiger partial charge in [-0.25, -0.2) is 14.5 Å². The van der Waals surface area contributed by atoms with Crippen LogP contribution in [0.4, 0.5) is 0 Å². The van der Waals surface area contributed by atoms with Crippen molar-refractivity contribution in [1.82, 2.24) is 29.5 Å². The van der Waals surface area contributed by atoms with Crippen molar-refractivity contribution >= 4 is 17.0 Å². The first kappa shape index (κ1) is 20.3. The van der Waals surface area contributed by atoms with E-state index < -0.39 is 5.97 Å². The Balaban J connectivity index is 1.61. The van der Waals surface area contributed by atoms with E-state index in [1.54, 1.807) is 26.4 Å². The van der Waals surface area contributed by atoms with E-state index in [0.29, 0.717) is 40.8 Å². The second-order valence-corrected chi connectivity index (χ2v) is 8.60. The van der Waals surface area contributed by atoms with E-state index in [0.717, 1.165) is 12.1 Å². The zero-order chi connectivity index (χ0) is 21.3. The highest BCUT2D eigenvalue weighted by molar-refractivity contribution is 5.88. The lowest BCUT2D eigenvalue weighted by atomic mass is 9.73. The van der Waals surface area contributed by atoms with Crippen LogP contribution in [-0.4, -0.2) is 49.2 Å². The van der Waals surface area contributed by atoms with Gasteiger partial charge >= 0.3 is 5.97 Å². The minimum Gasteiger partial charge on any atom is -0.479 e. The highest BCUT2D eigenvalue weighted by atomic mass is 16.5. The van der Waals surface area contributed by atoms with E-state index in [1.807, 2.05) is 4.68 Å². The van der Waals surface area contributed by atoms with Gasteiger partial charge in [-0.15, -0.1) is 0 Å². The Labute approximate surface area is 175 Å². The Kier molecular flexibility index (Phi) is 5.44. The smallest absolute Gasteiger partial charge is 0.341 e. The summed E-state index contributed by atoms with van der Waals surface area (Å²) >= 11 is 0. The summed E-state index contributed by atoms with van der Waals surface area (Å²) in [6, 6.07) is 0. The van der Waals surface area contributed by atoms with Gasteiger partial charge in [0.2, 0.25) is 5.88 Å². The number of aromatic nitrogens is 6. The van der Waals surface area contributed by atoms with Crippen molar-refractivity contribution in [1.29, 1.82) is 0 Å². The predicted molar refractivity (Wildman–Crippen MR) is 111 cm³/mol. The number of methoxy groups -OCH3 is 1. The molecule has 3 aromatic rings. The van der Waals surface area contributed by atoms with Crippen LogP contribution in [0.2, 0.25) is 0 Å². The lowest BCUT2D eigenvalue weighted by Crippen LogP contribution is -2.24. The van der Waals surface area contributed by atoms with Gasteiger partial charge in [0.1, 0.15) is 11.0 Å². The molecular formula is C21H28N6O3. The van der Waals surface area contributed by atoms with Gasteiger partial charge in [0, 0.05) is 12.7 Å². The van der Waals surface area contributed by atoms with Crippen molar-refractivity contribution in [3.63, 3.8) is 0 Å². The summed E-state index contributed by atoms with van der Waals surface area (Å²) in [5, 5.41) is 8.75. The summed E-state index contributed by atoms with van der Waals surface area (Å²) in [6.45, 7) is 7.57. The van der Waals surface area contributed by atoms with E-state index in [-0.39, 0.29) is 0 Å². The van der Waals surface area contributed by atoms with Crippen LogP contribution in [0.3, 0.4) is 0 Å². The molecule has 9 nitrogen and oxygen atoms in total. The van der Waals surface area contributed by atoms with Crippen molar-refractivity contribution in [3.8, 4) is 11.8 Å². The topological polar surface area (TPSA) is 97.0 Å². The molecule has 1 saturated carbocycles. The maximum atomic E-state index is 11.9. The number of esters is 1. The van der Waals surface area contributed by atoms with Crippen LogP contribution < -0.4 is 4.74 Å². The van der Waals surface area contributed by atoms with Crippen LogP contribution >= 0.6 is 0 Å². The first-order chi connectivity index (χ1) is 14.4. The molecule has 0 amide bonds. The van der Waals surface area contributed by atoms with Crippen LogP contribution in [-0.2, 0) is 11.3 Å². The third-order valence-corrected chi connectivity index (χ3v) is 5.83. The normalized spacial score (nSPS) is 16.7. The fourth-order valence-electron chi connectivity index (χ4n) is 3.98. The summed E-state index contributed by atoms with van der Waals surface area (Å²) in [6.07, 6.45) is 9.57. The minimum atomic E-state index is -0.430. The van der Waals surface area contributed by atoms with E-state index in [1.165, 1.54) is 36.6 Å². The van der Waals surface area contributed by atoms with Gasteiger partial charge in [0.15, 0.2) is 0 Å². The van der Waals surface area contributed by atoms with Crippen molar-refractivity contribution in [3.05, 3.63) is 24.2 Å². The predicted octanol–water partition coefficient (Wildman–Crippen LogP) is 3.41. The summed E-state index contributed by atoms with van der Waals surface area (Å²) < 4.78 is 14.0. The Morgan fingerprint density at radius 1 is 1.20 bits per heavy atom. The van der Waals surface area contributed by atoms with Gasteiger partial charge in [-0.1, -0.05) is 13.8 Å². The van der Waals surface area contributed by atoms with Crippen molar-refractivity contribution in [2.45, 2.75) is 53.0 Å². The lowest BCUT2D eigenvalue weighted by molar-refractivity contribution is 0.0526. The number of ether oxygens (including phenoxy) is 2. The third kappa shape index (κ3) is 4.01. The van der Waals surface area contributed by atoms with Crippen LogP contribution in [0.15, 0.2) is 18.6 Å². The molecule has 30 heavy (non-hydrogen) atoms. The monoisotopic (exact) mass is 412 g/mol. The molecule has 1 aliphatic carbocycles. The summed E-state index contributed by atoms with van der Waals surface area (Å²) in [5.41, 5.74) is 2.24. The van der Waals surface area contributed by atoms with E-state index in [4.69, 9.17) is 9.47 Å². The Hall–Kier alpha value is -2.97. The third-order valence-electron chi connectivity index (χ3n) is 5.83. The average molecular weight is 412 g/mol. The maximum Gasteiger partial charge on any atom is 0.341 e. The molecule has 0 bridgehead atoms. The van der Waals surface area contributed by atoms with Crippen LogP contribution in [0.25, 0.3) is 17.0 Å². The van der Waals surface area contributed by atoms with Gasteiger partial charge in [-0.2, -0.15) is 15.2 Å². The SMILES string of the molecule is CCOC(=O)c1cnn(-c2nc(OC)c3c(cnn3CC3CCC(C)(C)CC3)n2)c1. The molecule has 0 spiro atoms. The fraction of sp³-hybridized carbons (Fsp3) is 0.571. The van der Waals surface area contributed by atoms with E-state index in [9.17, 15) is 4.79 Å². The molecule has 160 valence electrons. The number of carbonyl (C=O) groups is 1. The first-order valence-corrected chi connectivity index (χ1v) is 10.4. The second kappa shape index (κ2) is 8.04. The number of fused-ring (bicyclic) bond motifs is 1. The molecule has 1 aliphatic rings. The lowest BCUT2D eigenvalue weighted by Gasteiger charge is -2.34. The Bertz CT molecular complexity index is 1040. The molecule has 0 radical (unpaired) electrons. The molecule has 0 aromatic carbocycles.